The maximum absolute atomic E-state index is 5.70. The molecule has 0 bridgehead atoms. The average Bonchev–Trinajstić information content (AvgIpc) is 2.87. The lowest BCUT2D eigenvalue weighted by Crippen LogP contribution is -1.80. The molecule has 0 N–H and O–H groups in total. The first-order chi connectivity index (χ1) is 8.36. The van der Waals surface area contributed by atoms with Crippen molar-refractivity contribution in [2.24, 2.45) is 0 Å². The molecule has 3 aromatic rings. The van der Waals surface area contributed by atoms with Crippen molar-refractivity contribution in [1.29, 1.82) is 0 Å². The molecule has 0 saturated carbocycles. The molecule has 0 amide bonds. The first-order valence-corrected chi connectivity index (χ1v) is 5.90. The molecule has 0 aliphatic carbocycles. The van der Waals surface area contributed by atoms with Crippen molar-refractivity contribution >= 4 is 22.4 Å². The summed E-state index contributed by atoms with van der Waals surface area (Å²) in [6, 6.07) is 14.3. The summed E-state index contributed by atoms with van der Waals surface area (Å²) in [5.41, 5.74) is 1.73. The third-order valence-corrected chi connectivity index (χ3v) is 2.96. The van der Waals surface area contributed by atoms with Gasteiger partial charge in [-0.25, -0.2) is 4.98 Å². The van der Waals surface area contributed by atoms with Crippen LogP contribution < -0.4 is 0 Å². The molecule has 1 aromatic heterocycles. The van der Waals surface area contributed by atoms with Gasteiger partial charge >= 0.3 is 0 Å². The Kier molecular flexibility index (Phi) is 2.57. The Morgan fingerprint density at radius 1 is 1.06 bits per heavy atom. The van der Waals surface area contributed by atoms with E-state index in [1.54, 1.807) is 6.26 Å². The van der Waals surface area contributed by atoms with E-state index < -0.39 is 0 Å². The minimum atomic E-state index is 0.372. The van der Waals surface area contributed by atoms with Crippen molar-refractivity contribution in [3.8, 4) is 11.5 Å². The topological polar surface area (TPSA) is 26.0 Å². The fourth-order valence-corrected chi connectivity index (χ4v) is 1.95. The van der Waals surface area contributed by atoms with Gasteiger partial charge in [0.2, 0.25) is 5.89 Å². The van der Waals surface area contributed by atoms with Crippen LogP contribution in [0.25, 0.3) is 22.2 Å². The van der Waals surface area contributed by atoms with Crippen LogP contribution in [0.3, 0.4) is 0 Å². The van der Waals surface area contributed by atoms with Crippen molar-refractivity contribution in [1.82, 2.24) is 4.98 Å². The second-order valence-corrected chi connectivity index (χ2v) is 4.11. The van der Waals surface area contributed by atoms with Gasteiger partial charge in [-0.15, -0.1) is 11.6 Å². The molecule has 2 aromatic carbocycles. The first-order valence-electron chi connectivity index (χ1n) is 5.36. The van der Waals surface area contributed by atoms with Gasteiger partial charge in [-0.3, -0.25) is 0 Å². The van der Waals surface area contributed by atoms with Gasteiger partial charge in [0, 0.05) is 5.56 Å². The zero-order valence-corrected chi connectivity index (χ0v) is 9.82. The Morgan fingerprint density at radius 2 is 1.88 bits per heavy atom. The van der Waals surface area contributed by atoms with Crippen LogP contribution in [-0.4, -0.2) is 4.98 Å². The summed E-state index contributed by atoms with van der Waals surface area (Å²) in [5, 5.41) is 2.39. The summed E-state index contributed by atoms with van der Waals surface area (Å²) in [6.07, 6.45) is 1.59. The molecular weight excluding hydrogens is 234 g/mol. The number of benzene rings is 2. The molecule has 0 spiro atoms. The summed E-state index contributed by atoms with van der Waals surface area (Å²) in [6.45, 7) is 0. The normalized spacial score (nSPS) is 10.9. The van der Waals surface area contributed by atoms with Crippen molar-refractivity contribution < 1.29 is 4.42 Å². The molecular formula is C14H10ClNO. The predicted molar refractivity (Wildman–Crippen MR) is 69.0 cm³/mol. The predicted octanol–water partition coefficient (Wildman–Crippen LogP) is 4.23. The Hall–Kier alpha value is -1.80. The molecule has 3 heteroatoms. The van der Waals surface area contributed by atoms with Crippen molar-refractivity contribution in [2.75, 3.05) is 0 Å². The number of rotatable bonds is 2. The lowest BCUT2D eigenvalue weighted by atomic mass is 10.1. The highest BCUT2D eigenvalue weighted by Gasteiger charge is 2.06. The molecule has 0 radical (unpaired) electrons. The minimum Gasteiger partial charge on any atom is -0.444 e. The Morgan fingerprint density at radius 3 is 2.65 bits per heavy atom. The smallest absolute Gasteiger partial charge is 0.226 e. The van der Waals surface area contributed by atoms with Crippen LogP contribution >= 0.6 is 11.6 Å². The van der Waals surface area contributed by atoms with Crippen LogP contribution in [-0.2, 0) is 5.88 Å². The summed E-state index contributed by atoms with van der Waals surface area (Å²) in [5.74, 6) is 0.989. The van der Waals surface area contributed by atoms with Gasteiger partial charge in [-0.1, -0.05) is 30.3 Å². The lowest BCUT2D eigenvalue weighted by molar-refractivity contribution is 0.573. The zero-order chi connectivity index (χ0) is 11.7. The molecule has 0 atom stereocenters. The van der Waals surface area contributed by atoms with Gasteiger partial charge in [0.1, 0.15) is 6.26 Å². The van der Waals surface area contributed by atoms with Gasteiger partial charge in [0.05, 0.1) is 11.6 Å². The fourth-order valence-electron chi connectivity index (χ4n) is 1.82. The van der Waals surface area contributed by atoms with Crippen LogP contribution in [0.1, 0.15) is 5.69 Å². The molecule has 3 rings (SSSR count). The number of fused-ring (bicyclic) bond motifs is 1. The van der Waals surface area contributed by atoms with Crippen LogP contribution in [0.15, 0.2) is 53.1 Å². The summed E-state index contributed by atoms with van der Waals surface area (Å²) in [7, 11) is 0. The molecule has 1 heterocycles. The van der Waals surface area contributed by atoms with E-state index in [1.165, 1.54) is 10.8 Å². The first kappa shape index (κ1) is 10.4. The van der Waals surface area contributed by atoms with E-state index in [4.69, 9.17) is 16.0 Å². The Bertz CT molecular complexity index is 660. The van der Waals surface area contributed by atoms with E-state index in [0.717, 1.165) is 11.3 Å². The van der Waals surface area contributed by atoms with Crippen LogP contribution in [0.4, 0.5) is 0 Å². The third-order valence-electron chi connectivity index (χ3n) is 2.69. The van der Waals surface area contributed by atoms with Gasteiger partial charge in [0.15, 0.2) is 0 Å². The summed E-state index contributed by atoms with van der Waals surface area (Å²) >= 11 is 5.70. The maximum atomic E-state index is 5.70. The number of hydrogen-bond donors (Lipinski definition) is 0. The van der Waals surface area contributed by atoms with Crippen LogP contribution in [0.5, 0.6) is 0 Å². The largest absolute Gasteiger partial charge is 0.444 e. The van der Waals surface area contributed by atoms with E-state index in [-0.39, 0.29) is 0 Å². The molecule has 84 valence electrons. The van der Waals surface area contributed by atoms with Gasteiger partial charge in [0.25, 0.3) is 0 Å². The quantitative estimate of drug-likeness (QED) is 0.630. The van der Waals surface area contributed by atoms with E-state index in [2.05, 4.69) is 29.2 Å². The zero-order valence-electron chi connectivity index (χ0n) is 9.06. The van der Waals surface area contributed by atoms with Gasteiger partial charge in [-0.2, -0.15) is 0 Å². The number of hydrogen-bond acceptors (Lipinski definition) is 2. The van der Waals surface area contributed by atoms with Crippen molar-refractivity contribution in [2.45, 2.75) is 5.88 Å². The number of alkyl halides is 1. The third kappa shape index (κ3) is 1.92. The van der Waals surface area contributed by atoms with Crippen LogP contribution in [0.2, 0.25) is 0 Å². The lowest BCUT2D eigenvalue weighted by Gasteiger charge is -1.99. The van der Waals surface area contributed by atoms with E-state index in [0.29, 0.717) is 11.8 Å². The fraction of sp³-hybridized carbons (Fsp3) is 0.0714. The Labute approximate surface area is 104 Å². The second-order valence-electron chi connectivity index (χ2n) is 3.84. The molecule has 0 aliphatic heterocycles. The monoisotopic (exact) mass is 243 g/mol. The molecule has 17 heavy (non-hydrogen) atoms. The number of aromatic nitrogens is 1. The standard InChI is InChI=1S/C14H10ClNO/c15-8-13-9-17-14(16-13)12-6-5-10-3-1-2-4-11(10)7-12/h1-7,9H,8H2. The molecule has 0 fully saturated rings. The van der Waals surface area contributed by atoms with Crippen LogP contribution in [0, 0.1) is 0 Å². The summed E-state index contributed by atoms with van der Waals surface area (Å²) < 4.78 is 5.39. The van der Waals surface area contributed by atoms with E-state index >= 15 is 0 Å². The molecule has 0 saturated heterocycles. The highest BCUT2D eigenvalue weighted by molar-refractivity contribution is 6.16. The van der Waals surface area contributed by atoms with Crippen molar-refractivity contribution in [3.63, 3.8) is 0 Å². The Balaban J connectivity index is 2.11. The molecule has 0 unspecified atom stereocenters. The van der Waals surface area contributed by atoms with Gasteiger partial charge < -0.3 is 4.42 Å². The number of halogens is 1. The second kappa shape index (κ2) is 4.22. The molecule has 0 aliphatic rings. The molecule has 2 nitrogen and oxygen atoms in total. The number of oxazole rings is 1. The van der Waals surface area contributed by atoms with E-state index in [1.807, 2.05) is 18.2 Å². The maximum Gasteiger partial charge on any atom is 0.226 e. The highest BCUT2D eigenvalue weighted by atomic mass is 35.5. The SMILES string of the molecule is ClCc1coc(-c2ccc3ccccc3c2)n1. The average molecular weight is 244 g/mol. The summed E-state index contributed by atoms with van der Waals surface area (Å²) in [4.78, 5) is 4.31. The minimum absolute atomic E-state index is 0.372. The van der Waals surface area contributed by atoms with E-state index in [9.17, 15) is 0 Å². The van der Waals surface area contributed by atoms with Crippen molar-refractivity contribution in [3.05, 3.63) is 54.4 Å². The number of nitrogens with zero attached hydrogens (tertiary/aromatic N) is 1. The van der Waals surface area contributed by atoms with Gasteiger partial charge in [-0.05, 0) is 22.9 Å². The highest BCUT2D eigenvalue weighted by Crippen LogP contribution is 2.24.